The zero-order valence-electron chi connectivity index (χ0n) is 10.8. The minimum atomic E-state index is -4.61. The van der Waals surface area contributed by atoms with Gasteiger partial charge in [-0.25, -0.2) is 0 Å². The second-order valence-corrected chi connectivity index (χ2v) is 4.90. The average Bonchev–Trinajstić information content (AvgIpc) is 2.16. The fourth-order valence-corrected chi connectivity index (χ4v) is 1.82. The van der Waals surface area contributed by atoms with Crippen LogP contribution in [0.1, 0.15) is 2.85 Å². The molecule has 2 unspecified atom stereocenters. The van der Waals surface area contributed by atoms with E-state index in [0.29, 0.717) is 26.3 Å². The molecule has 0 amide bonds. The summed E-state index contributed by atoms with van der Waals surface area (Å²) in [4.78, 5) is 1.75. The predicted molar refractivity (Wildman–Crippen MR) is 58.8 cm³/mol. The van der Waals surface area contributed by atoms with Gasteiger partial charge in [-0.2, -0.15) is 8.42 Å². The molecule has 94 valence electrons. The summed E-state index contributed by atoms with van der Waals surface area (Å²) in [7, 11) is -4.61. The number of nitrogens with zero attached hydrogens (tertiary/aromatic N) is 1. The summed E-state index contributed by atoms with van der Waals surface area (Å²) in [6.45, 7) is 2.14. The van der Waals surface area contributed by atoms with Crippen LogP contribution in [0.15, 0.2) is 0 Å². The van der Waals surface area contributed by atoms with Crippen molar-refractivity contribution in [2.75, 3.05) is 32.8 Å². The van der Waals surface area contributed by atoms with Crippen LogP contribution in [0.5, 0.6) is 0 Å². The van der Waals surface area contributed by atoms with E-state index in [0.717, 1.165) is 0 Å². The first-order valence-electron chi connectivity index (χ1n) is 4.54. The summed E-state index contributed by atoms with van der Waals surface area (Å²) in [6.07, 6.45) is -1.52. The van der Waals surface area contributed by atoms with Gasteiger partial charge in [0.05, 0.1) is 13.2 Å². The van der Waals surface area contributed by atoms with Crippen LogP contribution < -0.4 is 0 Å². The monoisotopic (exact) mass is 283 g/mol. The van der Waals surface area contributed by atoms with E-state index in [4.69, 9.17) is 14.4 Å². The number of rotatable bonds is 4. The van der Waals surface area contributed by atoms with Crippen LogP contribution in [0.25, 0.3) is 0 Å². The Bertz CT molecular complexity index is 300. The number of β-amino-alcohol motifs (C(OH)–C–C–N with tert-alkyl or cyclic N) is 1. The first-order chi connectivity index (χ1) is 6.91. The summed E-state index contributed by atoms with van der Waals surface area (Å²) in [5, 5.41) is 18.4. The number of aliphatic hydroxyl groups is 2. The molecular weight excluding hydrogens is 266 g/mol. The Balaban J connectivity index is -0.000000750. The molecule has 2 atom stereocenters. The standard InChI is InChI=1S/C7H15NO6S.Ca.2H/c9-6(7(10)15(11,12)13)5-8-1-3-14-4-2-8;;;/h6-7,9-10H,1-5H2,(H,11,12,13);;;/q;+2;2*-1. The fraction of sp³-hybridized carbons (Fsp3) is 1.00. The van der Waals surface area contributed by atoms with E-state index >= 15 is 0 Å². The molecule has 16 heavy (non-hydrogen) atoms. The minimum absolute atomic E-state index is 0. The maximum atomic E-state index is 10.5. The second-order valence-electron chi connectivity index (χ2n) is 3.39. The van der Waals surface area contributed by atoms with E-state index in [1.807, 2.05) is 0 Å². The molecule has 1 heterocycles. The van der Waals surface area contributed by atoms with Gasteiger partial charge in [-0.3, -0.25) is 9.45 Å². The van der Waals surface area contributed by atoms with E-state index in [9.17, 15) is 13.5 Å². The number of aliphatic hydroxyl groups excluding tert-OH is 2. The molecule has 0 aromatic carbocycles. The maximum absolute atomic E-state index is 10.5. The predicted octanol–water partition coefficient (Wildman–Crippen LogP) is -2.27. The number of morpholine rings is 1. The molecule has 0 aromatic heterocycles. The topological polar surface area (TPSA) is 107 Å². The van der Waals surface area contributed by atoms with Gasteiger partial charge in [-0.1, -0.05) is 0 Å². The maximum Gasteiger partial charge on any atom is 2.00 e. The molecule has 1 rings (SSSR count). The van der Waals surface area contributed by atoms with Gasteiger partial charge in [-0.05, 0) is 0 Å². The molecule has 0 spiro atoms. The first kappa shape index (κ1) is 17.0. The second kappa shape index (κ2) is 7.45. The van der Waals surface area contributed by atoms with E-state index in [2.05, 4.69) is 0 Å². The summed E-state index contributed by atoms with van der Waals surface area (Å²) in [5.74, 6) is 0. The molecule has 1 saturated heterocycles. The fourth-order valence-electron chi connectivity index (χ4n) is 1.34. The molecule has 0 bridgehead atoms. The zero-order chi connectivity index (χ0) is 11.5. The molecule has 0 radical (unpaired) electrons. The molecule has 1 aliphatic rings. The van der Waals surface area contributed by atoms with E-state index in [1.54, 1.807) is 4.90 Å². The molecular formula is C7H17CaNO6S. The first-order valence-corrected chi connectivity index (χ1v) is 6.04. The van der Waals surface area contributed by atoms with Crippen molar-refractivity contribution >= 4 is 47.9 Å². The minimum Gasteiger partial charge on any atom is -1.00 e. The van der Waals surface area contributed by atoms with Crippen molar-refractivity contribution in [1.29, 1.82) is 0 Å². The molecule has 0 aromatic rings. The molecule has 1 fully saturated rings. The third kappa shape index (κ3) is 5.56. The largest absolute Gasteiger partial charge is 2.00 e. The molecule has 7 nitrogen and oxygen atoms in total. The Labute approximate surface area is 127 Å². The average molecular weight is 283 g/mol. The summed E-state index contributed by atoms with van der Waals surface area (Å²) < 4.78 is 34.6. The summed E-state index contributed by atoms with van der Waals surface area (Å²) in [5.41, 5.74) is -2.15. The van der Waals surface area contributed by atoms with Gasteiger partial charge in [0.2, 0.25) is 5.44 Å². The van der Waals surface area contributed by atoms with Gasteiger partial charge < -0.3 is 17.8 Å². The number of hydrogen-bond donors (Lipinski definition) is 3. The summed E-state index contributed by atoms with van der Waals surface area (Å²) >= 11 is 0. The Hall–Kier alpha value is 1.01. The number of ether oxygens (including phenoxy) is 1. The zero-order valence-corrected chi connectivity index (χ0v) is 11.8. The smallest absolute Gasteiger partial charge is 1.00 e. The van der Waals surface area contributed by atoms with Crippen LogP contribution in [0.4, 0.5) is 0 Å². The van der Waals surface area contributed by atoms with Crippen molar-refractivity contribution in [2.45, 2.75) is 11.5 Å². The number of hydrogen-bond acceptors (Lipinski definition) is 6. The Morgan fingerprint density at radius 2 is 1.81 bits per heavy atom. The summed E-state index contributed by atoms with van der Waals surface area (Å²) in [6, 6.07) is 0. The van der Waals surface area contributed by atoms with Gasteiger partial charge in [0, 0.05) is 19.6 Å². The van der Waals surface area contributed by atoms with Crippen LogP contribution in [-0.2, 0) is 14.9 Å². The van der Waals surface area contributed by atoms with Crippen LogP contribution in [0.2, 0.25) is 0 Å². The normalized spacial score (nSPS) is 22.2. The van der Waals surface area contributed by atoms with Crippen molar-refractivity contribution in [2.24, 2.45) is 0 Å². The van der Waals surface area contributed by atoms with Crippen LogP contribution in [0.3, 0.4) is 0 Å². The van der Waals surface area contributed by atoms with Gasteiger partial charge in [0.15, 0.2) is 0 Å². The molecule has 0 saturated carbocycles. The third-order valence-corrected chi connectivity index (χ3v) is 3.11. The van der Waals surface area contributed by atoms with E-state index in [1.165, 1.54) is 0 Å². The van der Waals surface area contributed by atoms with Gasteiger partial charge in [0.1, 0.15) is 6.10 Å². The van der Waals surface area contributed by atoms with Crippen LogP contribution in [0, 0.1) is 0 Å². The Morgan fingerprint density at radius 3 is 2.25 bits per heavy atom. The molecule has 1 aliphatic heterocycles. The van der Waals surface area contributed by atoms with Gasteiger partial charge in [-0.15, -0.1) is 0 Å². The third-order valence-electron chi connectivity index (χ3n) is 2.18. The molecule has 3 N–H and O–H groups in total. The van der Waals surface area contributed by atoms with Gasteiger partial charge in [0.25, 0.3) is 10.1 Å². The van der Waals surface area contributed by atoms with Crippen molar-refractivity contribution in [3.8, 4) is 0 Å². The van der Waals surface area contributed by atoms with Crippen molar-refractivity contribution < 1.29 is 30.8 Å². The van der Waals surface area contributed by atoms with Crippen molar-refractivity contribution in [1.82, 2.24) is 4.90 Å². The SMILES string of the molecule is O=S(=O)(O)C(O)C(O)CN1CCOCC1.[Ca+2].[H-].[H-]. The quantitative estimate of drug-likeness (QED) is 0.394. The Morgan fingerprint density at radius 1 is 1.31 bits per heavy atom. The molecule has 9 heteroatoms. The van der Waals surface area contributed by atoms with Crippen LogP contribution >= 0.6 is 0 Å². The van der Waals surface area contributed by atoms with Crippen LogP contribution in [-0.4, -0.2) is 110 Å². The van der Waals surface area contributed by atoms with Gasteiger partial charge >= 0.3 is 37.7 Å². The molecule has 0 aliphatic carbocycles. The Kier molecular flexibility index (Phi) is 7.92. The van der Waals surface area contributed by atoms with Crippen molar-refractivity contribution in [3.63, 3.8) is 0 Å². The van der Waals surface area contributed by atoms with Crippen molar-refractivity contribution in [3.05, 3.63) is 0 Å². The van der Waals surface area contributed by atoms with E-state index < -0.39 is 21.7 Å². The van der Waals surface area contributed by atoms with E-state index in [-0.39, 0.29) is 47.1 Å².